The van der Waals surface area contributed by atoms with Crippen molar-refractivity contribution in [2.75, 3.05) is 16.8 Å². The molecule has 0 spiro atoms. The molecule has 1 saturated heterocycles. The van der Waals surface area contributed by atoms with Gasteiger partial charge in [-0.25, -0.2) is 14.5 Å². The molecule has 17 heteroatoms. The molecule has 35 heavy (non-hydrogen) atoms. The van der Waals surface area contributed by atoms with E-state index >= 15 is 0 Å². The van der Waals surface area contributed by atoms with Gasteiger partial charge in [-0.3, -0.25) is 24.1 Å². The molecule has 0 radical (unpaired) electrons. The minimum Gasteiger partial charge on any atom is -0.477 e. The van der Waals surface area contributed by atoms with Crippen molar-refractivity contribution in [3.8, 4) is 12.3 Å². The lowest BCUT2D eigenvalue weighted by molar-refractivity contribution is -0.150. The number of thioether (sulfide) groups is 2. The van der Waals surface area contributed by atoms with E-state index in [1.807, 2.05) is 0 Å². The molecule has 3 amide bonds. The van der Waals surface area contributed by atoms with E-state index in [0.717, 1.165) is 16.2 Å². The molecule has 0 saturated carbocycles. The number of hydrogen-bond acceptors (Lipinski definition) is 12. The molecule has 1 unspecified atom stereocenters. The molecule has 2 atom stereocenters. The molecule has 0 bridgehead atoms. The summed E-state index contributed by atoms with van der Waals surface area (Å²) in [5.41, 5.74) is 0.114. The van der Waals surface area contributed by atoms with Gasteiger partial charge < -0.3 is 15.7 Å². The highest BCUT2D eigenvalue weighted by Gasteiger charge is 2.54. The van der Waals surface area contributed by atoms with Crippen molar-refractivity contribution >= 4 is 70.0 Å². The fourth-order valence-corrected chi connectivity index (χ4v) is 6.26. The van der Waals surface area contributed by atoms with Gasteiger partial charge in [-0.1, -0.05) is 17.7 Å². The minimum absolute atomic E-state index is 0.139. The summed E-state index contributed by atoms with van der Waals surface area (Å²) in [6, 6.07) is -1.07. The number of rotatable bonds is 10. The third-order valence-corrected chi connectivity index (χ3v) is 7.93. The first kappa shape index (κ1) is 24.4. The fourth-order valence-electron chi connectivity index (χ4n) is 3.25. The molecule has 4 rings (SSSR count). The lowest BCUT2D eigenvalue weighted by Crippen LogP contribution is -2.71. The Morgan fingerprint density at radius 1 is 1.40 bits per heavy atom. The summed E-state index contributed by atoms with van der Waals surface area (Å²) in [7, 11) is 0. The molecule has 3 N–H and O–H groups in total. The van der Waals surface area contributed by atoms with Crippen LogP contribution < -0.4 is 10.6 Å². The van der Waals surface area contributed by atoms with Crippen LogP contribution in [-0.2, 0) is 25.7 Å². The van der Waals surface area contributed by atoms with Gasteiger partial charge in [-0.05, 0) is 16.0 Å². The van der Waals surface area contributed by atoms with Crippen molar-refractivity contribution in [2.45, 2.75) is 23.1 Å². The van der Waals surface area contributed by atoms with Crippen LogP contribution in [-0.4, -0.2) is 88.1 Å². The van der Waals surface area contributed by atoms with Crippen molar-refractivity contribution in [1.29, 1.82) is 0 Å². The summed E-state index contributed by atoms with van der Waals surface area (Å²) in [4.78, 5) is 64.9. The van der Waals surface area contributed by atoms with Gasteiger partial charge in [0.2, 0.25) is 11.6 Å². The first-order valence-corrected chi connectivity index (χ1v) is 12.5. The standard InChI is InChI=1S/C18H14N8O6S3/c1-2-3-25-18(22-23-24-25)35-5-8-4-33-15-10(14(30)26(15)11(8)16(31)32)21-13(29)12(28)9-6-34-17(20-9)19-7-27/h1,6-7,10,15H,3-5H2,(H,21,29)(H,31,32)(H,19,20,27)/t10?,15-/m1/s1. The number of carboxylic acid groups (broad SMARTS) is 1. The summed E-state index contributed by atoms with van der Waals surface area (Å²) in [6.07, 6.45) is 5.66. The van der Waals surface area contributed by atoms with Crippen LogP contribution >= 0.6 is 34.9 Å². The van der Waals surface area contributed by atoms with Crippen molar-refractivity contribution in [1.82, 2.24) is 35.4 Å². The Balaban J connectivity index is 1.44. The molecule has 180 valence electrons. The number of carbonyl (C=O) groups excluding carboxylic acids is 4. The number of β-lactam (4-membered cyclic amide) rings is 1. The lowest BCUT2D eigenvalue weighted by atomic mass is 10.0. The summed E-state index contributed by atoms with van der Waals surface area (Å²) in [6.45, 7) is 0.150. The number of nitrogens with zero attached hydrogens (tertiary/aromatic N) is 6. The lowest BCUT2D eigenvalue weighted by Gasteiger charge is -2.49. The number of amides is 3. The monoisotopic (exact) mass is 534 g/mol. The van der Waals surface area contributed by atoms with Gasteiger partial charge >= 0.3 is 5.97 Å². The number of tetrazole rings is 1. The first-order valence-electron chi connectivity index (χ1n) is 9.59. The molecule has 4 heterocycles. The van der Waals surface area contributed by atoms with Crippen LogP contribution in [0.3, 0.4) is 0 Å². The Morgan fingerprint density at radius 2 is 2.20 bits per heavy atom. The predicted octanol–water partition coefficient (Wildman–Crippen LogP) is -0.955. The van der Waals surface area contributed by atoms with Crippen LogP contribution in [0.1, 0.15) is 10.5 Å². The number of terminal acetylenes is 1. The number of aromatic nitrogens is 5. The van der Waals surface area contributed by atoms with Gasteiger partial charge in [0.1, 0.15) is 29.4 Å². The maximum absolute atomic E-state index is 12.8. The molecule has 1 fully saturated rings. The number of Topliss-reactive ketones (excluding diaryl/α,β-unsaturated/α-hetero) is 1. The summed E-state index contributed by atoms with van der Waals surface area (Å²) in [5, 5.41) is 26.7. The van der Waals surface area contributed by atoms with Crippen LogP contribution in [0.5, 0.6) is 0 Å². The largest absolute Gasteiger partial charge is 0.477 e. The van der Waals surface area contributed by atoms with Crippen molar-refractivity contribution in [3.63, 3.8) is 0 Å². The zero-order valence-electron chi connectivity index (χ0n) is 17.4. The molecule has 0 aliphatic carbocycles. The Kier molecular flexibility index (Phi) is 7.14. The van der Waals surface area contributed by atoms with E-state index in [4.69, 9.17) is 6.42 Å². The number of carboxylic acids is 1. The topological polar surface area (TPSA) is 189 Å². The first-order chi connectivity index (χ1) is 16.8. The fraction of sp³-hybridized carbons (Fsp3) is 0.278. The van der Waals surface area contributed by atoms with E-state index < -0.39 is 35.0 Å². The van der Waals surface area contributed by atoms with Gasteiger partial charge in [0, 0.05) is 16.9 Å². The Hall–Kier alpha value is -3.75. The Labute approximate surface area is 208 Å². The third-order valence-electron chi connectivity index (χ3n) is 4.78. The third kappa shape index (κ3) is 4.76. The molecule has 14 nitrogen and oxygen atoms in total. The molecule has 0 aromatic carbocycles. The second kappa shape index (κ2) is 10.2. The molecule has 2 aliphatic rings. The van der Waals surface area contributed by atoms with E-state index in [0.29, 0.717) is 17.1 Å². The number of carbonyl (C=O) groups is 5. The van der Waals surface area contributed by atoms with E-state index in [1.165, 1.54) is 33.6 Å². The highest BCUT2D eigenvalue weighted by Crippen LogP contribution is 2.41. The number of hydrogen-bond donors (Lipinski definition) is 3. The van der Waals surface area contributed by atoms with Crippen molar-refractivity contribution < 1.29 is 29.1 Å². The van der Waals surface area contributed by atoms with Crippen LogP contribution in [0.15, 0.2) is 21.8 Å². The summed E-state index contributed by atoms with van der Waals surface area (Å²) in [5.74, 6) is -1.10. The smallest absolute Gasteiger partial charge is 0.352 e. The summed E-state index contributed by atoms with van der Waals surface area (Å²) >= 11 is 3.39. The summed E-state index contributed by atoms with van der Waals surface area (Å²) < 4.78 is 1.39. The molecule has 2 aromatic heterocycles. The van der Waals surface area contributed by atoms with Crippen LogP contribution in [0.2, 0.25) is 0 Å². The number of nitrogens with one attached hydrogen (secondary N) is 2. The van der Waals surface area contributed by atoms with E-state index in [9.17, 15) is 29.1 Å². The highest BCUT2D eigenvalue weighted by atomic mass is 32.2. The second-order valence-electron chi connectivity index (χ2n) is 6.86. The molecule has 2 aromatic rings. The number of thiazole rings is 1. The molecular formula is C18H14N8O6S3. The van der Waals surface area contributed by atoms with Crippen molar-refractivity contribution in [2.24, 2.45) is 0 Å². The number of aliphatic carboxylic acids is 1. The van der Waals surface area contributed by atoms with Gasteiger partial charge in [-0.2, -0.15) is 0 Å². The zero-order chi connectivity index (χ0) is 25.1. The Morgan fingerprint density at radius 3 is 2.91 bits per heavy atom. The average molecular weight is 535 g/mol. The zero-order valence-corrected chi connectivity index (χ0v) is 19.9. The number of anilines is 1. The molecule has 2 aliphatic heterocycles. The predicted molar refractivity (Wildman–Crippen MR) is 123 cm³/mol. The Bertz CT molecular complexity index is 1300. The number of ketones is 1. The average Bonchev–Trinajstić information content (AvgIpc) is 3.49. The normalized spacial score (nSPS) is 18.8. The maximum Gasteiger partial charge on any atom is 0.352 e. The van der Waals surface area contributed by atoms with Gasteiger partial charge in [0.15, 0.2) is 5.13 Å². The van der Waals surface area contributed by atoms with Crippen LogP contribution in [0, 0.1) is 12.3 Å². The van der Waals surface area contributed by atoms with E-state index in [1.54, 1.807) is 0 Å². The van der Waals surface area contributed by atoms with Gasteiger partial charge in [0.25, 0.3) is 17.6 Å². The minimum atomic E-state index is -1.29. The number of fused-ring (bicyclic) bond motifs is 1. The van der Waals surface area contributed by atoms with Crippen molar-refractivity contribution in [3.05, 3.63) is 22.3 Å². The maximum atomic E-state index is 12.8. The SMILES string of the molecule is C#CCn1nnnc1SCC1=C(C(=O)O)N2C(=O)C(NC(=O)C(=O)c3csc(NC=O)n3)[C@H]2SC1. The highest BCUT2D eigenvalue weighted by molar-refractivity contribution is 8.01. The van der Waals surface area contributed by atoms with Gasteiger partial charge in [-0.15, -0.1) is 34.6 Å². The quantitative estimate of drug-likeness (QED) is 0.0847. The molecular weight excluding hydrogens is 520 g/mol. The van der Waals surface area contributed by atoms with Crippen LogP contribution in [0.25, 0.3) is 0 Å². The van der Waals surface area contributed by atoms with Crippen LogP contribution in [0.4, 0.5) is 5.13 Å². The second-order valence-corrected chi connectivity index (χ2v) is 9.76. The van der Waals surface area contributed by atoms with Gasteiger partial charge in [0.05, 0.1) is 0 Å². The van der Waals surface area contributed by atoms with E-state index in [-0.39, 0.29) is 34.6 Å². The van der Waals surface area contributed by atoms with E-state index in [2.05, 4.69) is 37.1 Å².